The van der Waals surface area contributed by atoms with Gasteiger partial charge in [-0.25, -0.2) is 9.48 Å². The van der Waals surface area contributed by atoms with Crippen LogP contribution in [0.15, 0.2) is 0 Å². The van der Waals surface area contributed by atoms with Gasteiger partial charge in [-0.3, -0.25) is 4.79 Å². The molecule has 0 aliphatic carbocycles. The zero-order valence-corrected chi connectivity index (χ0v) is 11.7. The molecule has 0 spiro atoms. The molecule has 7 nitrogen and oxygen atoms in total. The number of aromatic carboxylic acids is 1. The molecular weight excluding hydrogens is 260 g/mol. The lowest BCUT2D eigenvalue weighted by molar-refractivity contribution is -0.132. The Bertz CT molecular complexity index is 490. The molecule has 1 aromatic heterocycles. The van der Waals surface area contributed by atoms with Gasteiger partial charge in [0.1, 0.15) is 6.54 Å². The smallest absolute Gasteiger partial charge is 0.358 e. The van der Waals surface area contributed by atoms with E-state index < -0.39 is 5.97 Å². The van der Waals surface area contributed by atoms with Gasteiger partial charge in [-0.2, -0.15) is 0 Å². The molecule has 1 fully saturated rings. The summed E-state index contributed by atoms with van der Waals surface area (Å²) in [4.78, 5) is 25.1. The highest BCUT2D eigenvalue weighted by Crippen LogP contribution is 2.12. The molecule has 1 saturated heterocycles. The van der Waals surface area contributed by atoms with Crippen molar-refractivity contribution in [2.45, 2.75) is 45.6 Å². The number of nitrogens with zero attached hydrogens (tertiary/aromatic N) is 4. The van der Waals surface area contributed by atoms with E-state index in [1.54, 1.807) is 0 Å². The summed E-state index contributed by atoms with van der Waals surface area (Å²) in [5.74, 6) is -1.11. The summed E-state index contributed by atoms with van der Waals surface area (Å²) < 4.78 is 1.41. The van der Waals surface area contributed by atoms with Crippen LogP contribution in [0.5, 0.6) is 0 Å². The second kappa shape index (κ2) is 6.49. The van der Waals surface area contributed by atoms with E-state index in [2.05, 4.69) is 10.3 Å². The molecule has 110 valence electrons. The predicted molar refractivity (Wildman–Crippen MR) is 71.4 cm³/mol. The Labute approximate surface area is 117 Å². The molecule has 1 aromatic rings. The van der Waals surface area contributed by atoms with E-state index in [4.69, 9.17) is 5.11 Å². The average Bonchev–Trinajstić information content (AvgIpc) is 2.64. The monoisotopic (exact) mass is 280 g/mol. The highest BCUT2D eigenvalue weighted by molar-refractivity contribution is 5.86. The van der Waals surface area contributed by atoms with Gasteiger partial charge in [0.25, 0.3) is 0 Å². The van der Waals surface area contributed by atoms with Gasteiger partial charge in [0.15, 0.2) is 5.69 Å². The number of carbonyl (C=O) groups excluding carboxylic acids is 1. The third-order valence-electron chi connectivity index (χ3n) is 3.62. The normalized spacial score (nSPS) is 15.9. The molecule has 0 unspecified atom stereocenters. The molecule has 0 aromatic carbocycles. The van der Waals surface area contributed by atoms with Crippen molar-refractivity contribution < 1.29 is 14.7 Å². The van der Waals surface area contributed by atoms with Crippen LogP contribution in [0.1, 0.15) is 48.8 Å². The summed E-state index contributed by atoms with van der Waals surface area (Å²) in [7, 11) is 0. The lowest BCUT2D eigenvalue weighted by Gasteiger charge is -2.20. The van der Waals surface area contributed by atoms with E-state index in [1.165, 1.54) is 4.68 Å². The number of hydrogen-bond donors (Lipinski definition) is 1. The number of rotatable bonds is 4. The molecule has 7 heteroatoms. The van der Waals surface area contributed by atoms with E-state index in [9.17, 15) is 9.59 Å². The average molecular weight is 280 g/mol. The first kappa shape index (κ1) is 14.5. The summed E-state index contributed by atoms with van der Waals surface area (Å²) in [6.45, 7) is 3.46. The van der Waals surface area contributed by atoms with Crippen molar-refractivity contribution in [1.82, 2.24) is 19.9 Å². The molecule has 1 N–H and O–H groups in total. The summed E-state index contributed by atoms with van der Waals surface area (Å²) in [6, 6.07) is 0. The first-order valence-corrected chi connectivity index (χ1v) is 7.07. The molecule has 0 radical (unpaired) electrons. The van der Waals surface area contributed by atoms with E-state index >= 15 is 0 Å². The third kappa shape index (κ3) is 3.15. The minimum atomic E-state index is -1.10. The SMILES string of the molecule is CCc1c(C(=O)O)nnn1CC(=O)N1CCCCCC1. The lowest BCUT2D eigenvalue weighted by atomic mass is 10.2. The Morgan fingerprint density at radius 3 is 2.40 bits per heavy atom. The van der Waals surface area contributed by atoms with Crippen molar-refractivity contribution in [2.24, 2.45) is 0 Å². The van der Waals surface area contributed by atoms with Crippen LogP contribution in [0, 0.1) is 0 Å². The van der Waals surface area contributed by atoms with Crippen molar-refractivity contribution >= 4 is 11.9 Å². The zero-order chi connectivity index (χ0) is 14.5. The predicted octanol–water partition coefficient (Wildman–Crippen LogP) is 0.941. The summed E-state index contributed by atoms with van der Waals surface area (Å²) in [5.41, 5.74) is 0.442. The van der Waals surface area contributed by atoms with Crippen LogP contribution in [-0.4, -0.2) is 50.0 Å². The molecule has 0 atom stereocenters. The van der Waals surface area contributed by atoms with Gasteiger partial charge in [-0.1, -0.05) is 25.0 Å². The van der Waals surface area contributed by atoms with Gasteiger partial charge < -0.3 is 10.0 Å². The molecule has 0 bridgehead atoms. The number of likely N-dealkylation sites (tertiary alicyclic amines) is 1. The number of carboxylic acids is 1. The number of carbonyl (C=O) groups is 2. The molecule has 1 aliphatic heterocycles. The van der Waals surface area contributed by atoms with Crippen LogP contribution in [0.3, 0.4) is 0 Å². The summed E-state index contributed by atoms with van der Waals surface area (Å²) in [5, 5.41) is 16.5. The fourth-order valence-corrected chi connectivity index (χ4v) is 2.52. The molecule has 1 amide bonds. The lowest BCUT2D eigenvalue weighted by Crippen LogP contribution is -2.35. The van der Waals surface area contributed by atoms with Crippen molar-refractivity contribution in [3.63, 3.8) is 0 Å². The molecular formula is C13H20N4O3. The fourth-order valence-electron chi connectivity index (χ4n) is 2.52. The Balaban J connectivity index is 2.09. The maximum absolute atomic E-state index is 12.3. The minimum absolute atomic E-state index is 0.0107. The van der Waals surface area contributed by atoms with E-state index in [0.29, 0.717) is 12.1 Å². The maximum atomic E-state index is 12.3. The highest BCUT2D eigenvalue weighted by Gasteiger charge is 2.21. The maximum Gasteiger partial charge on any atom is 0.358 e. The van der Waals surface area contributed by atoms with E-state index in [0.717, 1.165) is 38.8 Å². The first-order chi connectivity index (χ1) is 9.63. The fraction of sp³-hybridized carbons (Fsp3) is 0.692. The number of aromatic nitrogens is 3. The van der Waals surface area contributed by atoms with Gasteiger partial charge in [0, 0.05) is 13.1 Å². The van der Waals surface area contributed by atoms with Crippen LogP contribution in [0.4, 0.5) is 0 Å². The molecule has 0 saturated carbocycles. The number of carboxylic acid groups (broad SMARTS) is 1. The zero-order valence-electron chi connectivity index (χ0n) is 11.7. The van der Waals surface area contributed by atoms with Crippen molar-refractivity contribution in [2.75, 3.05) is 13.1 Å². The van der Waals surface area contributed by atoms with Crippen LogP contribution in [0.25, 0.3) is 0 Å². The largest absolute Gasteiger partial charge is 0.476 e. The quantitative estimate of drug-likeness (QED) is 0.886. The standard InChI is InChI=1S/C13H20N4O3/c1-2-10-12(13(19)20)14-15-17(10)9-11(18)16-7-5-3-4-6-8-16/h2-9H2,1H3,(H,19,20). The second-order valence-electron chi connectivity index (χ2n) is 5.00. The van der Waals surface area contributed by atoms with Crippen LogP contribution < -0.4 is 0 Å². The molecule has 2 heterocycles. The van der Waals surface area contributed by atoms with Gasteiger partial charge in [0.2, 0.25) is 5.91 Å². The number of hydrogen-bond acceptors (Lipinski definition) is 4. The Hall–Kier alpha value is -1.92. The third-order valence-corrected chi connectivity index (χ3v) is 3.62. The Morgan fingerprint density at radius 2 is 1.85 bits per heavy atom. The van der Waals surface area contributed by atoms with Gasteiger partial charge in [-0.15, -0.1) is 5.10 Å². The first-order valence-electron chi connectivity index (χ1n) is 7.07. The van der Waals surface area contributed by atoms with Crippen molar-refractivity contribution in [1.29, 1.82) is 0 Å². The number of amides is 1. The Kier molecular flexibility index (Phi) is 4.70. The topological polar surface area (TPSA) is 88.3 Å². The summed E-state index contributed by atoms with van der Waals surface area (Å²) >= 11 is 0. The van der Waals surface area contributed by atoms with Crippen molar-refractivity contribution in [3.05, 3.63) is 11.4 Å². The van der Waals surface area contributed by atoms with Gasteiger partial charge in [0.05, 0.1) is 5.69 Å². The van der Waals surface area contributed by atoms with E-state index in [-0.39, 0.29) is 18.1 Å². The second-order valence-corrected chi connectivity index (χ2v) is 5.00. The molecule has 20 heavy (non-hydrogen) atoms. The van der Waals surface area contributed by atoms with Crippen LogP contribution >= 0.6 is 0 Å². The minimum Gasteiger partial charge on any atom is -0.476 e. The highest BCUT2D eigenvalue weighted by atomic mass is 16.4. The summed E-state index contributed by atoms with van der Waals surface area (Å²) in [6.07, 6.45) is 4.88. The van der Waals surface area contributed by atoms with Gasteiger partial charge >= 0.3 is 5.97 Å². The van der Waals surface area contributed by atoms with Crippen LogP contribution in [-0.2, 0) is 17.8 Å². The molecule has 2 rings (SSSR count). The van der Waals surface area contributed by atoms with Crippen LogP contribution in [0.2, 0.25) is 0 Å². The van der Waals surface area contributed by atoms with E-state index in [1.807, 2.05) is 11.8 Å². The van der Waals surface area contributed by atoms with Crippen molar-refractivity contribution in [3.8, 4) is 0 Å². The van der Waals surface area contributed by atoms with Gasteiger partial charge in [-0.05, 0) is 19.3 Å². The molecule has 1 aliphatic rings. The Morgan fingerprint density at radius 1 is 1.20 bits per heavy atom.